The van der Waals surface area contributed by atoms with Gasteiger partial charge in [-0.25, -0.2) is 9.79 Å². The minimum Gasteiger partial charge on any atom is -0.489 e. The Morgan fingerprint density at radius 1 is 0.932 bits per heavy atom. The second kappa shape index (κ2) is 13.1. The molecule has 220 valence electrons. The van der Waals surface area contributed by atoms with Gasteiger partial charge in [0.05, 0.1) is 28.5 Å². The molecular weight excluding hydrogens is 615 g/mol. The number of rotatable bonds is 8. The highest BCUT2D eigenvalue weighted by Gasteiger charge is 2.35. The van der Waals surface area contributed by atoms with Crippen molar-refractivity contribution in [2.45, 2.75) is 19.6 Å². The predicted octanol–water partition coefficient (Wildman–Crippen LogP) is 6.82. The van der Waals surface area contributed by atoms with E-state index < -0.39 is 12.0 Å². The van der Waals surface area contributed by atoms with Crippen LogP contribution in [0, 0.1) is 0 Å². The van der Waals surface area contributed by atoms with E-state index in [1.54, 1.807) is 23.6 Å². The number of ether oxygens (including phenoxy) is 2. The standard InChI is InChI=1S/C35H26Cl2N2O4S/c1-2-42-34(41)30-31(23-8-4-3-5-9-23)38-35-39(32(30)24-14-16-26(36)17-15-24)33(40)29(44-35)20-22-12-18-27(19-13-22)43-21-25-10-6-7-11-28(25)37/h3-20,32H,2,21H2,1H3/b29-20-/t32-/m0/s1. The molecule has 6 nitrogen and oxygen atoms in total. The van der Waals surface area contributed by atoms with Gasteiger partial charge in [-0.1, -0.05) is 107 Å². The molecule has 0 radical (unpaired) electrons. The van der Waals surface area contributed by atoms with Crippen molar-refractivity contribution in [3.63, 3.8) is 0 Å². The highest BCUT2D eigenvalue weighted by Crippen LogP contribution is 2.35. The van der Waals surface area contributed by atoms with Gasteiger partial charge in [0.2, 0.25) is 0 Å². The van der Waals surface area contributed by atoms with Crippen LogP contribution in [0.3, 0.4) is 0 Å². The highest BCUT2D eigenvalue weighted by molar-refractivity contribution is 7.07. The number of fused-ring (bicyclic) bond motifs is 1. The lowest BCUT2D eigenvalue weighted by atomic mass is 9.93. The van der Waals surface area contributed by atoms with Crippen molar-refractivity contribution in [3.8, 4) is 5.75 Å². The molecule has 0 fully saturated rings. The predicted molar refractivity (Wildman–Crippen MR) is 175 cm³/mol. The molecule has 6 rings (SSSR count). The van der Waals surface area contributed by atoms with E-state index in [1.807, 2.05) is 97.1 Å². The van der Waals surface area contributed by atoms with Crippen molar-refractivity contribution in [1.82, 2.24) is 4.57 Å². The minimum absolute atomic E-state index is 0.181. The Kier molecular flexibility index (Phi) is 8.79. The van der Waals surface area contributed by atoms with E-state index in [9.17, 15) is 9.59 Å². The van der Waals surface area contributed by atoms with Gasteiger partial charge in [0.25, 0.3) is 5.56 Å². The number of carbonyl (C=O) groups is 1. The van der Waals surface area contributed by atoms with Crippen molar-refractivity contribution in [1.29, 1.82) is 0 Å². The van der Waals surface area contributed by atoms with Crippen LogP contribution in [0.5, 0.6) is 5.75 Å². The van der Waals surface area contributed by atoms with Crippen molar-refractivity contribution < 1.29 is 14.3 Å². The third-order valence-corrected chi connectivity index (χ3v) is 8.69. The number of carbonyl (C=O) groups excluding carboxylic acids is 1. The Bertz CT molecular complexity index is 2030. The van der Waals surface area contributed by atoms with E-state index in [0.717, 1.165) is 16.7 Å². The first-order valence-electron chi connectivity index (χ1n) is 13.9. The molecular formula is C35H26Cl2N2O4S. The lowest BCUT2D eigenvalue weighted by Crippen LogP contribution is -2.40. The van der Waals surface area contributed by atoms with Gasteiger partial charge >= 0.3 is 5.97 Å². The molecule has 0 aliphatic carbocycles. The summed E-state index contributed by atoms with van der Waals surface area (Å²) in [6, 6.07) is 30.8. The summed E-state index contributed by atoms with van der Waals surface area (Å²) in [6.45, 7) is 2.27. The maximum absolute atomic E-state index is 14.0. The zero-order valence-corrected chi connectivity index (χ0v) is 25.9. The van der Waals surface area contributed by atoms with Gasteiger partial charge in [-0.2, -0.15) is 0 Å². The molecule has 0 bridgehead atoms. The number of benzene rings is 4. The topological polar surface area (TPSA) is 69.9 Å². The van der Waals surface area contributed by atoms with Gasteiger partial charge in [0.1, 0.15) is 12.4 Å². The van der Waals surface area contributed by atoms with Crippen LogP contribution in [0.1, 0.15) is 35.2 Å². The Hall–Kier alpha value is -4.43. The quantitative estimate of drug-likeness (QED) is 0.175. The molecule has 2 heterocycles. The van der Waals surface area contributed by atoms with Crippen LogP contribution in [0.2, 0.25) is 10.0 Å². The van der Waals surface area contributed by atoms with Gasteiger partial charge in [-0.15, -0.1) is 0 Å². The number of hydrogen-bond donors (Lipinski definition) is 0. The maximum Gasteiger partial charge on any atom is 0.338 e. The number of halogens is 2. The molecule has 1 aromatic heterocycles. The fourth-order valence-electron chi connectivity index (χ4n) is 4.99. The van der Waals surface area contributed by atoms with E-state index in [2.05, 4.69) is 0 Å². The molecule has 0 saturated carbocycles. The third-order valence-electron chi connectivity index (χ3n) is 7.09. The van der Waals surface area contributed by atoms with Crippen LogP contribution in [-0.2, 0) is 16.1 Å². The summed E-state index contributed by atoms with van der Waals surface area (Å²) in [5.41, 5.74) is 3.67. The third kappa shape index (κ3) is 6.13. The molecule has 1 atom stereocenters. The summed E-state index contributed by atoms with van der Waals surface area (Å²) in [7, 11) is 0. The van der Waals surface area contributed by atoms with Crippen molar-refractivity contribution >= 4 is 52.3 Å². The molecule has 0 unspecified atom stereocenters. The van der Waals surface area contributed by atoms with Crippen LogP contribution < -0.4 is 19.6 Å². The zero-order valence-electron chi connectivity index (χ0n) is 23.6. The van der Waals surface area contributed by atoms with Crippen molar-refractivity contribution in [2.24, 2.45) is 4.99 Å². The lowest BCUT2D eigenvalue weighted by molar-refractivity contribution is -0.138. The Labute approximate surface area is 267 Å². The number of esters is 1. The van der Waals surface area contributed by atoms with Gasteiger partial charge in [-0.3, -0.25) is 9.36 Å². The Morgan fingerprint density at radius 3 is 2.34 bits per heavy atom. The van der Waals surface area contributed by atoms with Gasteiger partial charge in [0.15, 0.2) is 4.80 Å². The number of hydrogen-bond acceptors (Lipinski definition) is 6. The van der Waals surface area contributed by atoms with E-state index in [-0.39, 0.29) is 12.2 Å². The molecule has 0 saturated heterocycles. The van der Waals surface area contributed by atoms with Gasteiger partial charge in [-0.05, 0) is 54.5 Å². The molecule has 0 amide bonds. The first-order chi connectivity index (χ1) is 21.4. The summed E-state index contributed by atoms with van der Waals surface area (Å²) >= 11 is 13.7. The van der Waals surface area contributed by atoms with E-state index in [4.69, 9.17) is 37.7 Å². The van der Waals surface area contributed by atoms with Crippen LogP contribution in [0.25, 0.3) is 11.8 Å². The molecule has 4 aromatic carbocycles. The molecule has 9 heteroatoms. The normalized spacial score (nSPS) is 14.6. The van der Waals surface area contributed by atoms with Crippen LogP contribution in [0.15, 0.2) is 118 Å². The monoisotopic (exact) mass is 640 g/mol. The van der Waals surface area contributed by atoms with Gasteiger partial charge in [0, 0.05) is 21.2 Å². The molecule has 0 spiro atoms. The minimum atomic E-state index is -0.763. The highest BCUT2D eigenvalue weighted by atomic mass is 35.5. The van der Waals surface area contributed by atoms with E-state index in [0.29, 0.717) is 48.6 Å². The number of aromatic nitrogens is 1. The summed E-state index contributed by atoms with van der Waals surface area (Å²) < 4.78 is 13.5. The SMILES string of the molecule is CCOC(=O)C1=C(c2ccccc2)N=c2s/c(=C\c3ccc(OCc4ccccc4Cl)cc3)c(=O)n2[C@H]1c1ccc(Cl)cc1. The second-order valence-corrected chi connectivity index (χ2v) is 11.8. The fraction of sp³-hybridized carbons (Fsp3) is 0.114. The molecule has 0 N–H and O–H groups in total. The van der Waals surface area contributed by atoms with Crippen LogP contribution >= 0.6 is 34.5 Å². The fourth-order valence-corrected chi connectivity index (χ4v) is 6.31. The molecule has 44 heavy (non-hydrogen) atoms. The largest absolute Gasteiger partial charge is 0.489 e. The van der Waals surface area contributed by atoms with Crippen LogP contribution in [-0.4, -0.2) is 17.1 Å². The molecule has 5 aromatic rings. The second-order valence-electron chi connectivity index (χ2n) is 9.93. The van der Waals surface area contributed by atoms with E-state index in [1.165, 1.54) is 11.3 Å². The summed E-state index contributed by atoms with van der Waals surface area (Å²) in [4.78, 5) is 32.9. The number of thiazole rings is 1. The smallest absolute Gasteiger partial charge is 0.338 e. The number of nitrogens with zero attached hydrogens (tertiary/aromatic N) is 2. The Balaban J connectivity index is 1.43. The Morgan fingerprint density at radius 2 is 1.64 bits per heavy atom. The first kappa shape index (κ1) is 29.6. The van der Waals surface area contributed by atoms with Crippen molar-refractivity contribution in [3.05, 3.63) is 161 Å². The maximum atomic E-state index is 14.0. The van der Waals surface area contributed by atoms with Gasteiger partial charge < -0.3 is 9.47 Å². The summed E-state index contributed by atoms with van der Waals surface area (Å²) in [6.07, 6.45) is 1.82. The van der Waals surface area contributed by atoms with E-state index >= 15 is 0 Å². The first-order valence-corrected chi connectivity index (χ1v) is 15.5. The zero-order chi connectivity index (χ0) is 30.6. The summed E-state index contributed by atoms with van der Waals surface area (Å²) in [5, 5.41) is 1.20. The summed E-state index contributed by atoms with van der Waals surface area (Å²) in [5.74, 6) is 0.148. The van der Waals surface area contributed by atoms with Crippen LogP contribution in [0.4, 0.5) is 0 Å². The molecule has 1 aliphatic heterocycles. The average Bonchev–Trinajstić information content (AvgIpc) is 3.35. The lowest BCUT2D eigenvalue weighted by Gasteiger charge is -2.25. The molecule has 1 aliphatic rings. The van der Waals surface area contributed by atoms with Crippen molar-refractivity contribution in [2.75, 3.05) is 6.61 Å². The average molecular weight is 642 g/mol.